The third kappa shape index (κ3) is 3.83. The van der Waals surface area contributed by atoms with Crippen molar-refractivity contribution in [3.8, 4) is 11.8 Å². The van der Waals surface area contributed by atoms with E-state index in [1.165, 1.54) is 16.7 Å². The first-order valence-corrected chi connectivity index (χ1v) is 11.2. The van der Waals surface area contributed by atoms with Crippen LogP contribution in [0.2, 0.25) is 0 Å². The fraction of sp³-hybridized carbons (Fsp3) is 0.280. The highest BCUT2D eigenvalue weighted by Gasteiger charge is 2.20. The van der Waals surface area contributed by atoms with Crippen LogP contribution >= 0.6 is 0 Å². The van der Waals surface area contributed by atoms with Gasteiger partial charge in [0, 0.05) is 49.4 Å². The molecule has 1 fully saturated rings. The van der Waals surface area contributed by atoms with Gasteiger partial charge in [-0.15, -0.1) is 0 Å². The third-order valence-corrected chi connectivity index (χ3v) is 6.32. The van der Waals surface area contributed by atoms with Crippen molar-refractivity contribution >= 4 is 27.6 Å². The van der Waals surface area contributed by atoms with Crippen LogP contribution in [-0.2, 0) is 11.3 Å². The van der Waals surface area contributed by atoms with E-state index in [2.05, 4.69) is 9.47 Å². The second-order valence-electron chi connectivity index (χ2n) is 8.29. The van der Waals surface area contributed by atoms with Gasteiger partial charge in [0.25, 0.3) is 11.2 Å². The Labute approximate surface area is 195 Å². The van der Waals surface area contributed by atoms with Gasteiger partial charge < -0.3 is 9.30 Å². The molecule has 34 heavy (non-hydrogen) atoms. The number of aryl methyl sites for hydroxylation is 1. The number of pyridine rings is 1. The van der Waals surface area contributed by atoms with Crippen molar-refractivity contribution in [1.29, 1.82) is 5.26 Å². The van der Waals surface area contributed by atoms with Crippen LogP contribution in [0.4, 0.5) is 5.69 Å². The number of fused-ring (bicyclic) bond motifs is 3. The van der Waals surface area contributed by atoms with Gasteiger partial charge in [-0.2, -0.15) is 5.26 Å². The summed E-state index contributed by atoms with van der Waals surface area (Å²) in [6, 6.07) is 17.4. The lowest BCUT2D eigenvalue weighted by molar-refractivity contribution is -0.384. The second-order valence-corrected chi connectivity index (χ2v) is 8.29. The molecule has 0 unspecified atom stereocenters. The Morgan fingerprint density at radius 3 is 2.47 bits per heavy atom. The van der Waals surface area contributed by atoms with E-state index in [1.807, 2.05) is 30.3 Å². The number of nitrogens with zero attached hydrogens (tertiary/aromatic N) is 5. The molecule has 2 aromatic heterocycles. The Kier molecular flexibility index (Phi) is 5.84. The quantitative estimate of drug-likeness (QED) is 0.324. The molecule has 0 spiro atoms. The van der Waals surface area contributed by atoms with Crippen molar-refractivity contribution in [2.45, 2.75) is 13.0 Å². The summed E-state index contributed by atoms with van der Waals surface area (Å²) in [7, 11) is 0. The standard InChI is InChI=1S/C25H23N5O4/c26-17-18-16-23-24(29(25(18)31)19-6-8-20(9-7-19)30(32)33)21-4-1-2-5-22(21)28(23)11-3-10-27-12-14-34-15-13-27/h1-2,4-9,16H,3,10-15H2. The molecule has 0 aliphatic carbocycles. The van der Waals surface area contributed by atoms with Crippen molar-refractivity contribution in [3.63, 3.8) is 0 Å². The predicted octanol–water partition coefficient (Wildman–Crippen LogP) is 3.45. The van der Waals surface area contributed by atoms with Crippen molar-refractivity contribution in [1.82, 2.24) is 14.0 Å². The number of morpholine rings is 1. The normalized spacial score (nSPS) is 14.4. The Balaban J connectivity index is 1.66. The molecule has 0 atom stereocenters. The maximum atomic E-state index is 13.3. The summed E-state index contributed by atoms with van der Waals surface area (Å²) >= 11 is 0. The van der Waals surface area contributed by atoms with Crippen molar-refractivity contribution in [3.05, 3.63) is 80.6 Å². The molecule has 1 saturated heterocycles. The SMILES string of the molecule is N#Cc1cc2c(c3ccccc3n2CCCN2CCOCC2)n(-c2ccc([N+](=O)[O-])cc2)c1=O. The molecule has 0 bridgehead atoms. The molecule has 3 heterocycles. The smallest absolute Gasteiger partial charge is 0.273 e. The number of nitro groups is 1. The average molecular weight is 457 g/mol. The fourth-order valence-electron chi connectivity index (χ4n) is 4.67. The van der Waals surface area contributed by atoms with Gasteiger partial charge in [-0.05, 0) is 30.7 Å². The van der Waals surface area contributed by atoms with Crippen LogP contribution in [-0.4, -0.2) is 51.8 Å². The minimum Gasteiger partial charge on any atom is -0.379 e. The Hall–Kier alpha value is -4.00. The maximum absolute atomic E-state index is 13.3. The van der Waals surface area contributed by atoms with Crippen LogP contribution < -0.4 is 5.56 Å². The van der Waals surface area contributed by atoms with Crippen LogP contribution in [0, 0.1) is 21.4 Å². The van der Waals surface area contributed by atoms with E-state index < -0.39 is 10.5 Å². The first-order valence-electron chi connectivity index (χ1n) is 11.2. The molecular formula is C25H23N5O4. The van der Waals surface area contributed by atoms with Crippen LogP contribution in [0.3, 0.4) is 0 Å². The zero-order valence-electron chi connectivity index (χ0n) is 18.5. The molecule has 0 radical (unpaired) electrons. The number of non-ortho nitro benzene ring substituents is 1. The zero-order chi connectivity index (χ0) is 23.7. The summed E-state index contributed by atoms with van der Waals surface area (Å²) in [4.78, 5) is 26.3. The van der Waals surface area contributed by atoms with Gasteiger partial charge in [0.1, 0.15) is 11.6 Å². The lowest BCUT2D eigenvalue weighted by atomic mass is 10.2. The highest BCUT2D eigenvalue weighted by Crippen LogP contribution is 2.31. The van der Waals surface area contributed by atoms with Gasteiger partial charge in [0.05, 0.1) is 34.7 Å². The molecule has 172 valence electrons. The zero-order valence-corrected chi connectivity index (χ0v) is 18.5. The number of para-hydroxylation sites is 1. The number of aromatic nitrogens is 2. The Bertz CT molecular complexity index is 1470. The topological polar surface area (TPSA) is 106 Å². The minimum absolute atomic E-state index is 0.0306. The number of nitriles is 1. The molecule has 0 saturated carbocycles. The molecule has 9 nitrogen and oxygen atoms in total. The number of rotatable bonds is 6. The van der Waals surface area contributed by atoms with E-state index in [0.29, 0.717) is 11.2 Å². The van der Waals surface area contributed by atoms with E-state index in [4.69, 9.17) is 4.74 Å². The van der Waals surface area contributed by atoms with Crippen molar-refractivity contribution in [2.24, 2.45) is 0 Å². The van der Waals surface area contributed by atoms with Gasteiger partial charge in [0.2, 0.25) is 0 Å². The van der Waals surface area contributed by atoms with Crippen LogP contribution in [0.1, 0.15) is 12.0 Å². The molecule has 5 rings (SSSR count). The lowest BCUT2D eigenvalue weighted by Crippen LogP contribution is -2.37. The molecule has 1 aliphatic heterocycles. The number of nitro benzene ring substituents is 1. The van der Waals surface area contributed by atoms with Crippen LogP contribution in [0.5, 0.6) is 0 Å². The molecule has 0 N–H and O–H groups in total. The fourth-order valence-corrected chi connectivity index (χ4v) is 4.67. The highest BCUT2D eigenvalue weighted by molar-refractivity contribution is 6.07. The monoisotopic (exact) mass is 457 g/mol. The summed E-state index contributed by atoms with van der Waals surface area (Å²) in [6.45, 7) is 5.01. The van der Waals surface area contributed by atoms with E-state index in [9.17, 15) is 20.2 Å². The van der Waals surface area contributed by atoms with Crippen LogP contribution in [0.25, 0.3) is 27.6 Å². The maximum Gasteiger partial charge on any atom is 0.273 e. The van der Waals surface area contributed by atoms with E-state index in [1.54, 1.807) is 18.2 Å². The Morgan fingerprint density at radius 2 is 1.76 bits per heavy atom. The molecule has 1 aliphatic rings. The molecule has 0 amide bonds. The number of benzene rings is 2. The molecular weight excluding hydrogens is 434 g/mol. The summed E-state index contributed by atoms with van der Waals surface area (Å²) in [5, 5.41) is 21.7. The largest absolute Gasteiger partial charge is 0.379 e. The van der Waals surface area contributed by atoms with E-state index in [-0.39, 0.29) is 11.3 Å². The van der Waals surface area contributed by atoms with Gasteiger partial charge in [0.15, 0.2) is 0 Å². The average Bonchev–Trinajstić information content (AvgIpc) is 3.17. The first kappa shape index (κ1) is 21.8. The number of hydrogen-bond acceptors (Lipinski definition) is 6. The van der Waals surface area contributed by atoms with E-state index in [0.717, 1.165) is 62.2 Å². The van der Waals surface area contributed by atoms with Gasteiger partial charge in [-0.3, -0.25) is 24.4 Å². The van der Waals surface area contributed by atoms with Gasteiger partial charge in [-0.25, -0.2) is 0 Å². The second kappa shape index (κ2) is 9.09. The van der Waals surface area contributed by atoms with Crippen LogP contribution in [0.15, 0.2) is 59.4 Å². The summed E-state index contributed by atoms with van der Waals surface area (Å²) in [5.74, 6) is 0. The number of ether oxygens (including phenoxy) is 1. The summed E-state index contributed by atoms with van der Waals surface area (Å²) < 4.78 is 9.09. The number of hydrogen-bond donors (Lipinski definition) is 0. The molecule has 4 aromatic rings. The van der Waals surface area contributed by atoms with Crippen molar-refractivity contribution in [2.75, 3.05) is 32.8 Å². The Morgan fingerprint density at radius 1 is 1.03 bits per heavy atom. The summed E-state index contributed by atoms with van der Waals surface area (Å²) in [6.07, 6.45) is 0.909. The van der Waals surface area contributed by atoms with E-state index >= 15 is 0 Å². The lowest BCUT2D eigenvalue weighted by Gasteiger charge is -2.26. The third-order valence-electron chi connectivity index (χ3n) is 6.32. The highest BCUT2D eigenvalue weighted by atomic mass is 16.6. The molecule has 2 aromatic carbocycles. The predicted molar refractivity (Wildman–Crippen MR) is 128 cm³/mol. The molecule has 9 heteroatoms. The van der Waals surface area contributed by atoms with Gasteiger partial charge in [-0.1, -0.05) is 18.2 Å². The van der Waals surface area contributed by atoms with Crippen molar-refractivity contribution < 1.29 is 9.66 Å². The minimum atomic E-state index is -0.478. The summed E-state index contributed by atoms with van der Waals surface area (Å²) in [5.41, 5.74) is 2.47. The van der Waals surface area contributed by atoms with Gasteiger partial charge >= 0.3 is 0 Å². The first-order chi connectivity index (χ1) is 16.6.